The Labute approximate surface area is 214 Å². The minimum atomic E-state index is -0.492. The third-order valence-electron chi connectivity index (χ3n) is 4.90. The number of carbonyl (C=O) groups excluding carboxylic acids is 3. The molecule has 0 aliphatic carbocycles. The Kier molecular flexibility index (Phi) is 10.0. The topological polar surface area (TPSA) is 97.4 Å². The van der Waals surface area contributed by atoms with Crippen molar-refractivity contribution in [1.82, 2.24) is 0 Å². The summed E-state index contributed by atoms with van der Waals surface area (Å²) >= 11 is 0. The molecule has 8 heteroatoms. The average molecular weight is 503 g/mol. The smallest absolute Gasteiger partial charge is 0.343 e. The highest BCUT2D eigenvalue weighted by molar-refractivity contribution is 5.91. The van der Waals surface area contributed by atoms with Gasteiger partial charge in [-0.15, -0.1) is 0 Å². The molecule has 0 heterocycles. The lowest BCUT2D eigenvalue weighted by Crippen LogP contribution is -2.10. The van der Waals surface area contributed by atoms with Crippen molar-refractivity contribution >= 4 is 17.9 Å². The molecule has 0 unspecified atom stereocenters. The molecule has 0 aliphatic rings. The van der Waals surface area contributed by atoms with Crippen LogP contribution in [-0.2, 0) is 19.1 Å². The normalized spacial score (nSPS) is 10.1. The number of benzene rings is 3. The Morgan fingerprint density at radius 3 is 1.81 bits per heavy atom. The SMILES string of the molecule is C=COC(=O)CCOc1ccc(OC(=O)c2ccc(-c3ccc(OCCOC(=O)C=C)cc3)cc2)cc1. The molecule has 0 fully saturated rings. The van der Waals surface area contributed by atoms with Gasteiger partial charge in [0.1, 0.15) is 30.5 Å². The summed E-state index contributed by atoms with van der Waals surface area (Å²) in [5.74, 6) is 0.123. The van der Waals surface area contributed by atoms with E-state index in [2.05, 4.69) is 17.9 Å². The highest BCUT2D eigenvalue weighted by Crippen LogP contribution is 2.24. The fourth-order valence-corrected chi connectivity index (χ4v) is 3.08. The summed E-state index contributed by atoms with van der Waals surface area (Å²) in [6.45, 7) is 7.17. The van der Waals surface area contributed by atoms with E-state index in [1.165, 1.54) is 0 Å². The highest BCUT2D eigenvalue weighted by atomic mass is 16.6. The van der Waals surface area contributed by atoms with Gasteiger partial charge in [-0.05, 0) is 59.7 Å². The minimum Gasteiger partial charge on any atom is -0.493 e. The number of carbonyl (C=O) groups is 3. The van der Waals surface area contributed by atoms with Crippen molar-refractivity contribution < 1.29 is 38.1 Å². The summed E-state index contributed by atoms with van der Waals surface area (Å²) in [7, 11) is 0. The molecule has 0 N–H and O–H groups in total. The molecule has 3 aromatic rings. The lowest BCUT2D eigenvalue weighted by Gasteiger charge is -2.09. The van der Waals surface area contributed by atoms with E-state index in [-0.39, 0.29) is 26.2 Å². The molecule has 0 aromatic heterocycles. The second-order valence-corrected chi connectivity index (χ2v) is 7.44. The molecule has 3 rings (SSSR count). The van der Waals surface area contributed by atoms with Gasteiger partial charge in [0.05, 0.1) is 24.9 Å². The van der Waals surface area contributed by atoms with E-state index in [9.17, 15) is 14.4 Å². The Balaban J connectivity index is 1.48. The number of ether oxygens (including phenoxy) is 5. The molecule has 8 nitrogen and oxygen atoms in total. The molecule has 0 bridgehead atoms. The maximum absolute atomic E-state index is 12.5. The molecule has 0 aliphatic heterocycles. The van der Waals surface area contributed by atoms with Crippen LogP contribution in [0.2, 0.25) is 0 Å². The molecule has 190 valence electrons. The maximum atomic E-state index is 12.5. The fourth-order valence-electron chi connectivity index (χ4n) is 3.08. The third kappa shape index (κ3) is 8.70. The average Bonchev–Trinajstić information content (AvgIpc) is 2.92. The van der Waals surface area contributed by atoms with E-state index in [1.54, 1.807) is 36.4 Å². The standard InChI is InChI=1S/C29H26O8/c1-3-27(30)36-20-19-35-24-11-9-22(10-12-24)21-5-7-23(8-6-21)29(32)37-26-15-13-25(14-16-26)34-18-17-28(31)33-4-2/h3-16H,1-2,17-20H2. The van der Waals surface area contributed by atoms with Gasteiger partial charge in [-0.3, -0.25) is 4.79 Å². The van der Waals surface area contributed by atoms with Gasteiger partial charge >= 0.3 is 17.9 Å². The molecule has 0 spiro atoms. The zero-order valence-electron chi connectivity index (χ0n) is 20.1. The molecule has 0 saturated heterocycles. The summed E-state index contributed by atoms with van der Waals surface area (Å²) < 4.78 is 25.9. The molecule has 0 radical (unpaired) electrons. The first-order chi connectivity index (χ1) is 18.0. The largest absolute Gasteiger partial charge is 0.493 e. The summed E-state index contributed by atoms with van der Waals surface area (Å²) in [4.78, 5) is 34.8. The van der Waals surface area contributed by atoms with Gasteiger partial charge in [0.25, 0.3) is 0 Å². The third-order valence-corrected chi connectivity index (χ3v) is 4.90. The van der Waals surface area contributed by atoms with E-state index >= 15 is 0 Å². The molecule has 37 heavy (non-hydrogen) atoms. The first-order valence-corrected chi connectivity index (χ1v) is 11.4. The van der Waals surface area contributed by atoms with Crippen LogP contribution in [0.5, 0.6) is 17.2 Å². The van der Waals surface area contributed by atoms with Crippen LogP contribution in [0.1, 0.15) is 16.8 Å². The van der Waals surface area contributed by atoms with Crippen LogP contribution in [0, 0.1) is 0 Å². The van der Waals surface area contributed by atoms with E-state index < -0.39 is 17.9 Å². The van der Waals surface area contributed by atoms with Crippen molar-refractivity contribution in [2.75, 3.05) is 19.8 Å². The van der Waals surface area contributed by atoms with Crippen LogP contribution in [0.4, 0.5) is 0 Å². The van der Waals surface area contributed by atoms with Gasteiger partial charge in [-0.25, -0.2) is 9.59 Å². The van der Waals surface area contributed by atoms with Crippen LogP contribution >= 0.6 is 0 Å². The summed E-state index contributed by atoms with van der Waals surface area (Å²) in [5.41, 5.74) is 2.26. The lowest BCUT2D eigenvalue weighted by molar-refractivity contribution is -0.139. The Morgan fingerprint density at radius 1 is 0.676 bits per heavy atom. The van der Waals surface area contributed by atoms with Gasteiger partial charge in [0, 0.05) is 6.08 Å². The van der Waals surface area contributed by atoms with Crippen molar-refractivity contribution in [2.45, 2.75) is 6.42 Å². The predicted molar refractivity (Wildman–Crippen MR) is 136 cm³/mol. The number of hydrogen-bond acceptors (Lipinski definition) is 8. The molecular formula is C29H26O8. The van der Waals surface area contributed by atoms with Crippen molar-refractivity contribution in [1.29, 1.82) is 0 Å². The van der Waals surface area contributed by atoms with Crippen molar-refractivity contribution in [3.05, 3.63) is 104 Å². The van der Waals surface area contributed by atoms with Crippen molar-refractivity contribution in [3.8, 4) is 28.4 Å². The van der Waals surface area contributed by atoms with Crippen LogP contribution in [0.15, 0.2) is 98.3 Å². The van der Waals surface area contributed by atoms with Crippen LogP contribution in [0.25, 0.3) is 11.1 Å². The van der Waals surface area contributed by atoms with E-state index in [0.29, 0.717) is 22.8 Å². The summed E-state index contributed by atoms with van der Waals surface area (Å²) in [6, 6.07) is 21.0. The monoisotopic (exact) mass is 502 g/mol. The van der Waals surface area contributed by atoms with E-state index in [0.717, 1.165) is 23.5 Å². The van der Waals surface area contributed by atoms with Crippen molar-refractivity contribution in [3.63, 3.8) is 0 Å². The first kappa shape index (κ1) is 26.7. The second-order valence-electron chi connectivity index (χ2n) is 7.44. The van der Waals surface area contributed by atoms with Crippen molar-refractivity contribution in [2.24, 2.45) is 0 Å². The first-order valence-electron chi connectivity index (χ1n) is 11.4. The molecule has 0 amide bonds. The Bertz CT molecular complexity index is 1210. The number of esters is 3. The van der Waals surface area contributed by atoms with Gasteiger partial charge in [-0.2, -0.15) is 0 Å². The van der Waals surface area contributed by atoms with Crippen LogP contribution < -0.4 is 14.2 Å². The van der Waals surface area contributed by atoms with Gasteiger partial charge in [-0.1, -0.05) is 37.4 Å². The molecule has 3 aromatic carbocycles. The molecule has 0 saturated carbocycles. The lowest BCUT2D eigenvalue weighted by atomic mass is 10.0. The van der Waals surface area contributed by atoms with Gasteiger partial charge in [0.15, 0.2) is 0 Å². The summed E-state index contributed by atoms with van der Waals surface area (Å²) in [5, 5.41) is 0. The maximum Gasteiger partial charge on any atom is 0.343 e. The van der Waals surface area contributed by atoms with E-state index in [1.807, 2.05) is 36.4 Å². The van der Waals surface area contributed by atoms with Crippen LogP contribution in [0.3, 0.4) is 0 Å². The Morgan fingerprint density at radius 2 is 1.22 bits per heavy atom. The zero-order valence-corrected chi connectivity index (χ0v) is 20.1. The number of hydrogen-bond donors (Lipinski definition) is 0. The molecule has 0 atom stereocenters. The highest BCUT2D eigenvalue weighted by Gasteiger charge is 2.10. The zero-order chi connectivity index (χ0) is 26.5. The van der Waals surface area contributed by atoms with Crippen LogP contribution in [-0.4, -0.2) is 37.7 Å². The van der Waals surface area contributed by atoms with Gasteiger partial charge < -0.3 is 23.7 Å². The fraction of sp³-hybridized carbons (Fsp3) is 0.138. The van der Waals surface area contributed by atoms with E-state index in [4.69, 9.17) is 18.9 Å². The second kappa shape index (κ2) is 13.9. The quantitative estimate of drug-likeness (QED) is 0.104. The predicted octanol–water partition coefficient (Wildman–Crippen LogP) is 5.14. The summed E-state index contributed by atoms with van der Waals surface area (Å²) in [6.07, 6.45) is 2.26. The Hall–Kier alpha value is -4.85. The minimum absolute atomic E-state index is 0.0890. The van der Waals surface area contributed by atoms with Gasteiger partial charge in [0.2, 0.25) is 0 Å². The molecular weight excluding hydrogens is 476 g/mol. The number of rotatable bonds is 13.